The Balaban J connectivity index is 1.67. The molecule has 24 heavy (non-hydrogen) atoms. The van der Waals surface area contributed by atoms with Crippen LogP contribution in [0.25, 0.3) is 0 Å². The fourth-order valence-electron chi connectivity index (χ4n) is 3.26. The number of aryl methyl sites for hydroxylation is 1. The van der Waals surface area contributed by atoms with Crippen molar-refractivity contribution in [3.8, 4) is 0 Å². The van der Waals surface area contributed by atoms with Crippen LogP contribution in [0.4, 0.5) is 0 Å². The molecule has 1 aromatic carbocycles. The second kappa shape index (κ2) is 7.34. The molecule has 1 aliphatic rings. The molecule has 5 heteroatoms. The van der Waals surface area contributed by atoms with Crippen LogP contribution in [0.15, 0.2) is 47.1 Å². The predicted octanol–water partition coefficient (Wildman–Crippen LogP) is 3.04. The van der Waals surface area contributed by atoms with Gasteiger partial charge >= 0.3 is 0 Å². The van der Waals surface area contributed by atoms with Crippen LogP contribution in [-0.4, -0.2) is 11.8 Å². The van der Waals surface area contributed by atoms with E-state index < -0.39 is 0 Å². The number of hydrogen-bond donors (Lipinski definition) is 2. The number of furan rings is 1. The van der Waals surface area contributed by atoms with Crippen molar-refractivity contribution in [2.75, 3.05) is 0 Å². The topological polar surface area (TPSA) is 71.3 Å². The second-order valence-corrected chi connectivity index (χ2v) is 6.18. The molecule has 0 radical (unpaired) electrons. The Morgan fingerprint density at radius 2 is 2.04 bits per heavy atom. The number of carbonyl (C=O) groups excluding carboxylic acids is 2. The Bertz CT molecular complexity index is 708. The quantitative estimate of drug-likeness (QED) is 0.887. The molecule has 126 valence electrons. The molecule has 0 saturated heterocycles. The average molecular weight is 326 g/mol. The number of amides is 2. The highest BCUT2D eigenvalue weighted by Gasteiger charge is 2.25. The zero-order valence-electron chi connectivity index (χ0n) is 13.7. The molecular formula is C19H22N2O3. The lowest BCUT2D eigenvalue weighted by molar-refractivity contribution is -0.123. The standard InChI is InChI=1S/C19H22N2O3/c1-13(22)20-17(14-6-3-2-4-7-14)12-19(23)21-16-8-5-9-18-15(16)10-11-24-18/h2-4,6-7,10-11,16-17H,5,8-9,12H2,1H3,(H,20,22)(H,21,23)/t16-,17-/m1/s1. The third kappa shape index (κ3) is 3.85. The summed E-state index contributed by atoms with van der Waals surface area (Å²) in [5, 5.41) is 5.94. The van der Waals surface area contributed by atoms with E-state index >= 15 is 0 Å². The molecule has 5 nitrogen and oxygen atoms in total. The van der Waals surface area contributed by atoms with Crippen molar-refractivity contribution in [1.82, 2.24) is 10.6 Å². The zero-order chi connectivity index (χ0) is 16.9. The molecule has 0 spiro atoms. The van der Waals surface area contributed by atoms with E-state index in [-0.39, 0.29) is 30.3 Å². The van der Waals surface area contributed by atoms with Crippen molar-refractivity contribution in [1.29, 1.82) is 0 Å². The Morgan fingerprint density at radius 3 is 2.79 bits per heavy atom. The van der Waals surface area contributed by atoms with Gasteiger partial charge < -0.3 is 15.1 Å². The van der Waals surface area contributed by atoms with Crippen molar-refractivity contribution in [3.05, 3.63) is 59.5 Å². The van der Waals surface area contributed by atoms with E-state index in [0.29, 0.717) is 0 Å². The molecular weight excluding hydrogens is 304 g/mol. The minimum Gasteiger partial charge on any atom is -0.469 e. The summed E-state index contributed by atoms with van der Waals surface area (Å²) in [6, 6.07) is 11.2. The number of carbonyl (C=O) groups is 2. The first-order valence-corrected chi connectivity index (χ1v) is 8.31. The maximum absolute atomic E-state index is 12.5. The summed E-state index contributed by atoms with van der Waals surface area (Å²) in [6.45, 7) is 1.47. The number of hydrogen-bond acceptors (Lipinski definition) is 3. The van der Waals surface area contributed by atoms with E-state index in [1.807, 2.05) is 36.4 Å². The van der Waals surface area contributed by atoms with Crippen molar-refractivity contribution in [2.45, 2.75) is 44.7 Å². The van der Waals surface area contributed by atoms with Crippen LogP contribution in [-0.2, 0) is 16.0 Å². The van der Waals surface area contributed by atoms with Gasteiger partial charge in [-0.1, -0.05) is 30.3 Å². The van der Waals surface area contributed by atoms with E-state index in [9.17, 15) is 9.59 Å². The summed E-state index contributed by atoms with van der Waals surface area (Å²) in [7, 11) is 0. The van der Waals surface area contributed by atoms with Crippen LogP contribution in [0.5, 0.6) is 0 Å². The first-order valence-electron chi connectivity index (χ1n) is 8.31. The Morgan fingerprint density at radius 1 is 1.25 bits per heavy atom. The van der Waals surface area contributed by atoms with Crippen LogP contribution >= 0.6 is 0 Å². The van der Waals surface area contributed by atoms with Crippen LogP contribution in [0.1, 0.15) is 55.2 Å². The van der Waals surface area contributed by atoms with E-state index in [1.165, 1.54) is 6.92 Å². The maximum Gasteiger partial charge on any atom is 0.222 e. The summed E-state index contributed by atoms with van der Waals surface area (Å²) in [5.74, 6) is 0.746. The van der Waals surface area contributed by atoms with Crippen LogP contribution in [0, 0.1) is 0 Å². The van der Waals surface area contributed by atoms with Gasteiger partial charge in [-0.15, -0.1) is 0 Å². The van der Waals surface area contributed by atoms with Gasteiger partial charge in [0.15, 0.2) is 0 Å². The minimum atomic E-state index is -0.323. The monoisotopic (exact) mass is 326 g/mol. The highest BCUT2D eigenvalue weighted by atomic mass is 16.3. The fraction of sp³-hybridized carbons (Fsp3) is 0.368. The molecule has 3 rings (SSSR count). The van der Waals surface area contributed by atoms with E-state index in [1.54, 1.807) is 6.26 Å². The molecule has 1 aliphatic carbocycles. The van der Waals surface area contributed by atoms with Gasteiger partial charge in [-0.05, 0) is 24.5 Å². The van der Waals surface area contributed by atoms with Crippen LogP contribution < -0.4 is 10.6 Å². The van der Waals surface area contributed by atoms with Crippen molar-refractivity contribution >= 4 is 11.8 Å². The minimum absolute atomic E-state index is 0.00579. The maximum atomic E-state index is 12.5. The molecule has 0 saturated carbocycles. The van der Waals surface area contributed by atoms with Gasteiger partial charge in [0.1, 0.15) is 5.76 Å². The summed E-state index contributed by atoms with van der Waals surface area (Å²) in [4.78, 5) is 24.0. The lowest BCUT2D eigenvalue weighted by Gasteiger charge is -2.24. The van der Waals surface area contributed by atoms with Gasteiger partial charge in [0.25, 0.3) is 0 Å². The molecule has 1 aromatic heterocycles. The zero-order valence-corrected chi connectivity index (χ0v) is 13.7. The molecule has 0 unspecified atom stereocenters. The number of nitrogens with one attached hydrogen (secondary N) is 2. The van der Waals surface area contributed by atoms with E-state index in [2.05, 4.69) is 10.6 Å². The Kier molecular flexibility index (Phi) is 4.99. The first-order chi connectivity index (χ1) is 11.6. The third-order valence-corrected chi connectivity index (χ3v) is 4.36. The fourth-order valence-corrected chi connectivity index (χ4v) is 3.26. The lowest BCUT2D eigenvalue weighted by Crippen LogP contribution is -2.35. The second-order valence-electron chi connectivity index (χ2n) is 6.18. The number of benzene rings is 1. The van der Waals surface area contributed by atoms with Crippen molar-refractivity contribution in [3.63, 3.8) is 0 Å². The predicted molar refractivity (Wildman–Crippen MR) is 90.1 cm³/mol. The summed E-state index contributed by atoms with van der Waals surface area (Å²) in [6.07, 6.45) is 4.73. The first kappa shape index (κ1) is 16.3. The third-order valence-electron chi connectivity index (χ3n) is 4.36. The molecule has 2 atom stereocenters. The molecule has 2 amide bonds. The van der Waals surface area contributed by atoms with Crippen LogP contribution in [0.3, 0.4) is 0 Å². The average Bonchev–Trinajstić information content (AvgIpc) is 3.04. The normalized spacial score (nSPS) is 17.6. The van der Waals surface area contributed by atoms with Gasteiger partial charge in [-0.3, -0.25) is 9.59 Å². The molecule has 1 heterocycles. The SMILES string of the molecule is CC(=O)N[C@H](CC(=O)N[C@@H]1CCCc2occc21)c1ccccc1. The van der Waals surface area contributed by atoms with Gasteiger partial charge in [0.2, 0.25) is 11.8 Å². The highest BCUT2D eigenvalue weighted by Crippen LogP contribution is 2.30. The molecule has 0 bridgehead atoms. The van der Waals surface area contributed by atoms with Gasteiger partial charge in [0.05, 0.1) is 24.8 Å². The lowest BCUT2D eigenvalue weighted by atomic mass is 9.93. The molecule has 0 aliphatic heterocycles. The molecule has 2 aromatic rings. The Hall–Kier alpha value is -2.56. The smallest absolute Gasteiger partial charge is 0.222 e. The summed E-state index contributed by atoms with van der Waals surface area (Å²) >= 11 is 0. The van der Waals surface area contributed by atoms with Gasteiger partial charge in [-0.2, -0.15) is 0 Å². The van der Waals surface area contributed by atoms with Gasteiger partial charge in [-0.25, -0.2) is 0 Å². The van der Waals surface area contributed by atoms with E-state index in [0.717, 1.165) is 36.1 Å². The number of rotatable bonds is 5. The highest BCUT2D eigenvalue weighted by molar-refractivity contribution is 5.79. The van der Waals surface area contributed by atoms with Crippen molar-refractivity contribution < 1.29 is 14.0 Å². The van der Waals surface area contributed by atoms with E-state index in [4.69, 9.17) is 4.42 Å². The molecule has 0 fully saturated rings. The van der Waals surface area contributed by atoms with Crippen molar-refractivity contribution in [2.24, 2.45) is 0 Å². The van der Waals surface area contributed by atoms with Crippen LogP contribution in [0.2, 0.25) is 0 Å². The van der Waals surface area contributed by atoms with Gasteiger partial charge in [0, 0.05) is 18.9 Å². The summed E-state index contributed by atoms with van der Waals surface area (Å²) in [5.41, 5.74) is 2.00. The Labute approximate surface area is 141 Å². The summed E-state index contributed by atoms with van der Waals surface area (Å²) < 4.78 is 5.46. The number of fused-ring (bicyclic) bond motifs is 1. The largest absolute Gasteiger partial charge is 0.469 e. The molecule has 2 N–H and O–H groups in total.